The molecule has 0 aliphatic rings. The summed E-state index contributed by atoms with van der Waals surface area (Å²) in [6, 6.07) is 15.0. The van der Waals surface area contributed by atoms with Crippen LogP contribution in [0.5, 0.6) is 17.2 Å². The standard InChI is InChI=1S/C21H24Cl2N2O3/c1-21(2,3)28-25-14-13-24-16-4-6-18(7-5-16)27-19-10-8-17(9-11-19)26-15-12-20(22)23/h4-12,14,24H,13,15H2,1-3H3. The van der Waals surface area contributed by atoms with E-state index in [9.17, 15) is 0 Å². The van der Waals surface area contributed by atoms with Crippen molar-refractivity contribution in [3.05, 3.63) is 59.1 Å². The van der Waals surface area contributed by atoms with Crippen LogP contribution in [0, 0.1) is 0 Å². The molecule has 0 saturated heterocycles. The number of nitrogens with one attached hydrogen (secondary N) is 1. The Kier molecular flexibility index (Phi) is 8.48. The monoisotopic (exact) mass is 422 g/mol. The summed E-state index contributed by atoms with van der Waals surface area (Å²) < 4.78 is 11.5. The first-order valence-corrected chi connectivity index (χ1v) is 9.53. The molecule has 0 radical (unpaired) electrons. The third-order valence-electron chi connectivity index (χ3n) is 3.20. The van der Waals surface area contributed by atoms with Crippen LogP contribution in [0.4, 0.5) is 5.69 Å². The van der Waals surface area contributed by atoms with Gasteiger partial charge in [0.15, 0.2) is 0 Å². The fraction of sp³-hybridized carbons (Fsp3) is 0.286. The maximum Gasteiger partial charge on any atom is 0.129 e. The van der Waals surface area contributed by atoms with E-state index in [2.05, 4.69) is 10.5 Å². The number of rotatable bonds is 9. The topological polar surface area (TPSA) is 52.1 Å². The van der Waals surface area contributed by atoms with Crippen LogP contribution in [0.15, 0.2) is 64.3 Å². The third kappa shape index (κ3) is 9.02. The summed E-state index contributed by atoms with van der Waals surface area (Å²) in [6.07, 6.45) is 3.27. The Morgan fingerprint density at radius 3 is 2.11 bits per heavy atom. The second-order valence-electron chi connectivity index (χ2n) is 6.78. The van der Waals surface area contributed by atoms with E-state index in [1.807, 2.05) is 69.3 Å². The Morgan fingerprint density at radius 1 is 0.964 bits per heavy atom. The van der Waals surface area contributed by atoms with Gasteiger partial charge in [-0.1, -0.05) is 28.4 Å². The minimum atomic E-state index is -0.283. The highest BCUT2D eigenvalue weighted by molar-refractivity contribution is 6.55. The zero-order chi connectivity index (χ0) is 20.4. The van der Waals surface area contributed by atoms with E-state index in [4.69, 9.17) is 37.5 Å². The normalized spacial score (nSPS) is 11.2. The van der Waals surface area contributed by atoms with Gasteiger partial charge in [-0.25, -0.2) is 0 Å². The Hall–Kier alpha value is -2.37. The molecule has 5 nitrogen and oxygen atoms in total. The van der Waals surface area contributed by atoms with Gasteiger partial charge in [0.2, 0.25) is 0 Å². The fourth-order valence-corrected chi connectivity index (χ4v) is 2.10. The van der Waals surface area contributed by atoms with Gasteiger partial charge < -0.3 is 19.6 Å². The van der Waals surface area contributed by atoms with E-state index < -0.39 is 0 Å². The summed E-state index contributed by atoms with van der Waals surface area (Å²) in [7, 11) is 0. The Labute approximate surface area is 175 Å². The largest absolute Gasteiger partial charge is 0.489 e. The number of oxime groups is 1. The van der Waals surface area contributed by atoms with Crippen molar-refractivity contribution >= 4 is 35.1 Å². The van der Waals surface area contributed by atoms with Gasteiger partial charge in [-0.15, -0.1) is 0 Å². The molecule has 0 atom stereocenters. The highest BCUT2D eigenvalue weighted by atomic mass is 35.5. The van der Waals surface area contributed by atoms with Gasteiger partial charge in [-0.3, -0.25) is 0 Å². The predicted octanol–water partition coefficient (Wildman–Crippen LogP) is 6.39. The molecule has 0 bridgehead atoms. The molecule has 7 heteroatoms. The van der Waals surface area contributed by atoms with E-state index in [0.717, 1.165) is 11.4 Å². The van der Waals surface area contributed by atoms with Crippen molar-refractivity contribution in [3.63, 3.8) is 0 Å². The van der Waals surface area contributed by atoms with Gasteiger partial charge in [0.05, 0.1) is 12.8 Å². The number of hydrogen-bond donors (Lipinski definition) is 1. The minimum absolute atomic E-state index is 0.184. The van der Waals surface area contributed by atoms with E-state index in [-0.39, 0.29) is 10.1 Å². The number of halogens is 2. The van der Waals surface area contributed by atoms with E-state index in [0.29, 0.717) is 24.7 Å². The van der Waals surface area contributed by atoms with Gasteiger partial charge in [0.1, 0.15) is 33.9 Å². The maximum atomic E-state index is 5.83. The summed E-state index contributed by atoms with van der Waals surface area (Å²) in [6.45, 7) is 6.73. The lowest BCUT2D eigenvalue weighted by molar-refractivity contribution is 0.00176. The molecule has 0 spiro atoms. The molecule has 0 amide bonds. The first-order valence-electron chi connectivity index (χ1n) is 8.78. The highest BCUT2D eigenvalue weighted by Gasteiger charge is 2.08. The van der Waals surface area contributed by atoms with Crippen molar-refractivity contribution in [1.82, 2.24) is 0 Å². The predicted molar refractivity (Wildman–Crippen MR) is 116 cm³/mol. The molecule has 0 fully saturated rings. The average Bonchev–Trinajstić information content (AvgIpc) is 2.63. The maximum absolute atomic E-state index is 5.83. The van der Waals surface area contributed by atoms with Crippen molar-refractivity contribution in [2.24, 2.45) is 5.16 Å². The molecule has 0 unspecified atom stereocenters. The second kappa shape index (κ2) is 10.8. The quantitative estimate of drug-likeness (QED) is 0.375. The summed E-state index contributed by atoms with van der Waals surface area (Å²) in [4.78, 5) is 5.28. The number of nitrogens with zero attached hydrogens (tertiary/aromatic N) is 1. The average molecular weight is 423 g/mol. The summed E-state index contributed by atoms with van der Waals surface area (Å²) in [5.41, 5.74) is 0.679. The third-order valence-corrected chi connectivity index (χ3v) is 3.51. The minimum Gasteiger partial charge on any atom is -0.489 e. The SMILES string of the molecule is CC(C)(C)ON=CCNc1ccc(Oc2ccc(OCC=C(Cl)Cl)cc2)cc1. The zero-order valence-corrected chi connectivity index (χ0v) is 17.6. The van der Waals surface area contributed by atoms with Crippen molar-refractivity contribution in [2.75, 3.05) is 18.5 Å². The summed E-state index contributed by atoms with van der Waals surface area (Å²) in [5.74, 6) is 2.15. The Morgan fingerprint density at radius 2 is 1.54 bits per heavy atom. The number of hydrogen-bond acceptors (Lipinski definition) is 5. The van der Waals surface area contributed by atoms with Crippen LogP contribution in [-0.4, -0.2) is 25.0 Å². The molecule has 0 aliphatic heterocycles. The molecule has 0 aliphatic carbocycles. The lowest BCUT2D eigenvalue weighted by Gasteiger charge is -2.14. The Balaban J connectivity index is 1.79. The molecule has 2 rings (SSSR count). The van der Waals surface area contributed by atoms with Crippen molar-refractivity contribution in [1.29, 1.82) is 0 Å². The van der Waals surface area contributed by atoms with Crippen LogP contribution in [0.2, 0.25) is 0 Å². The molecule has 2 aromatic rings. The van der Waals surface area contributed by atoms with Crippen molar-refractivity contribution < 1.29 is 14.3 Å². The molecule has 1 N–H and O–H groups in total. The highest BCUT2D eigenvalue weighted by Crippen LogP contribution is 2.25. The van der Waals surface area contributed by atoms with Gasteiger partial charge in [0.25, 0.3) is 0 Å². The number of benzene rings is 2. The zero-order valence-electron chi connectivity index (χ0n) is 16.1. The molecular formula is C21H24Cl2N2O3. The number of anilines is 1. The number of ether oxygens (including phenoxy) is 2. The molecule has 0 saturated carbocycles. The van der Waals surface area contributed by atoms with Crippen LogP contribution in [0.1, 0.15) is 20.8 Å². The van der Waals surface area contributed by atoms with Gasteiger partial charge >= 0.3 is 0 Å². The molecule has 0 aromatic heterocycles. The fourth-order valence-electron chi connectivity index (χ4n) is 1.98. The van der Waals surface area contributed by atoms with Gasteiger partial charge in [-0.2, -0.15) is 0 Å². The summed E-state index contributed by atoms with van der Waals surface area (Å²) >= 11 is 11.1. The van der Waals surface area contributed by atoms with E-state index in [1.165, 1.54) is 0 Å². The molecule has 28 heavy (non-hydrogen) atoms. The second-order valence-corrected chi connectivity index (χ2v) is 7.78. The first-order chi connectivity index (χ1) is 13.3. The molecule has 150 valence electrons. The smallest absolute Gasteiger partial charge is 0.129 e. The lowest BCUT2D eigenvalue weighted by atomic mass is 10.2. The molecule has 2 aromatic carbocycles. The Bertz CT molecular complexity index is 779. The van der Waals surface area contributed by atoms with Crippen molar-refractivity contribution in [2.45, 2.75) is 26.4 Å². The van der Waals surface area contributed by atoms with Gasteiger partial charge in [0, 0.05) is 5.69 Å². The van der Waals surface area contributed by atoms with Crippen molar-refractivity contribution in [3.8, 4) is 17.2 Å². The lowest BCUT2D eigenvalue weighted by Crippen LogP contribution is -2.16. The van der Waals surface area contributed by atoms with Crippen LogP contribution in [0.3, 0.4) is 0 Å². The first kappa shape index (κ1) is 21.9. The van der Waals surface area contributed by atoms with E-state index in [1.54, 1.807) is 12.3 Å². The molecule has 0 heterocycles. The van der Waals surface area contributed by atoms with Gasteiger partial charge in [-0.05, 0) is 75.4 Å². The molecular weight excluding hydrogens is 399 g/mol. The summed E-state index contributed by atoms with van der Waals surface area (Å²) in [5, 5.41) is 7.16. The van der Waals surface area contributed by atoms with Crippen LogP contribution in [-0.2, 0) is 4.84 Å². The van der Waals surface area contributed by atoms with Crippen LogP contribution < -0.4 is 14.8 Å². The van der Waals surface area contributed by atoms with E-state index >= 15 is 0 Å². The van der Waals surface area contributed by atoms with Crippen LogP contribution >= 0.6 is 23.2 Å². The van der Waals surface area contributed by atoms with Crippen LogP contribution in [0.25, 0.3) is 0 Å².